The number of aromatic nitrogens is 3. The van der Waals surface area contributed by atoms with Crippen LogP contribution in [0.2, 0.25) is 5.02 Å². The summed E-state index contributed by atoms with van der Waals surface area (Å²) >= 11 is 5.73. The van der Waals surface area contributed by atoms with Crippen LogP contribution in [-0.4, -0.2) is 37.3 Å². The lowest BCUT2D eigenvalue weighted by molar-refractivity contribution is 0.0408. The summed E-state index contributed by atoms with van der Waals surface area (Å²) in [5, 5.41) is 17.2. The monoisotopic (exact) mass is 434 g/mol. The third kappa shape index (κ3) is 4.11. The summed E-state index contributed by atoms with van der Waals surface area (Å²) in [6, 6.07) is 3.58. The van der Waals surface area contributed by atoms with Gasteiger partial charge in [-0.05, 0) is 44.9 Å². The average molecular weight is 435 g/mol. The summed E-state index contributed by atoms with van der Waals surface area (Å²) in [6.45, 7) is 8.63. The zero-order valence-electron chi connectivity index (χ0n) is 17.4. The van der Waals surface area contributed by atoms with Crippen molar-refractivity contribution in [3.63, 3.8) is 0 Å². The van der Waals surface area contributed by atoms with E-state index >= 15 is 0 Å². The summed E-state index contributed by atoms with van der Waals surface area (Å²) in [5.41, 5.74) is -0.152. The number of nitrogens with zero attached hydrogens (tertiary/aromatic N) is 2. The molecule has 0 aliphatic heterocycles. The van der Waals surface area contributed by atoms with Crippen molar-refractivity contribution in [3.05, 3.63) is 56.7 Å². The maximum absolute atomic E-state index is 13.8. The fourth-order valence-electron chi connectivity index (χ4n) is 3.10. The second kappa shape index (κ2) is 7.85. The van der Waals surface area contributed by atoms with Crippen LogP contribution in [0.15, 0.2) is 29.2 Å². The molecule has 2 heterocycles. The minimum absolute atomic E-state index is 0.0369. The summed E-state index contributed by atoms with van der Waals surface area (Å²) in [5.74, 6) is -1.05. The van der Waals surface area contributed by atoms with Gasteiger partial charge < -0.3 is 15.4 Å². The number of amides is 1. The molecule has 0 bridgehead atoms. The first-order valence-corrected chi connectivity index (χ1v) is 9.92. The number of hydrogen-bond donors (Lipinski definition) is 3. The number of nitrogens with one attached hydrogen (secondary N) is 2. The molecule has 0 fully saturated rings. The SMILES string of the molecule is CC(C)c1c(C(=O)N[C@@H](C)C(C)(C)O)cn2nc(-c3ccc(Cl)c(F)c3)[nH]c(=O)c12. The normalized spacial score (nSPS) is 13.1. The van der Waals surface area contributed by atoms with E-state index in [1.165, 1.54) is 22.8 Å². The third-order valence-electron chi connectivity index (χ3n) is 5.10. The van der Waals surface area contributed by atoms with Gasteiger partial charge in [-0.15, -0.1) is 5.10 Å². The highest BCUT2D eigenvalue weighted by Crippen LogP contribution is 2.26. The van der Waals surface area contributed by atoms with Gasteiger partial charge in [0.25, 0.3) is 11.5 Å². The largest absolute Gasteiger partial charge is 0.388 e. The van der Waals surface area contributed by atoms with Crippen molar-refractivity contribution in [2.75, 3.05) is 0 Å². The van der Waals surface area contributed by atoms with E-state index < -0.39 is 28.9 Å². The molecule has 1 atom stereocenters. The molecule has 2 aromatic heterocycles. The molecular formula is C21H24ClFN4O3. The van der Waals surface area contributed by atoms with E-state index in [1.807, 2.05) is 13.8 Å². The average Bonchev–Trinajstić information content (AvgIpc) is 3.03. The van der Waals surface area contributed by atoms with Crippen molar-refractivity contribution < 1.29 is 14.3 Å². The van der Waals surface area contributed by atoms with Crippen molar-refractivity contribution in [1.29, 1.82) is 0 Å². The first kappa shape index (κ1) is 22.0. The summed E-state index contributed by atoms with van der Waals surface area (Å²) in [4.78, 5) is 28.4. The van der Waals surface area contributed by atoms with Crippen LogP contribution < -0.4 is 10.9 Å². The van der Waals surface area contributed by atoms with E-state index in [0.717, 1.165) is 0 Å². The van der Waals surface area contributed by atoms with Crippen molar-refractivity contribution in [2.45, 2.75) is 52.2 Å². The van der Waals surface area contributed by atoms with Crippen LogP contribution in [0.5, 0.6) is 0 Å². The summed E-state index contributed by atoms with van der Waals surface area (Å²) in [6.07, 6.45) is 1.47. The van der Waals surface area contributed by atoms with Gasteiger partial charge in [-0.3, -0.25) is 9.59 Å². The highest BCUT2D eigenvalue weighted by atomic mass is 35.5. The van der Waals surface area contributed by atoms with Crippen LogP contribution >= 0.6 is 11.6 Å². The zero-order valence-corrected chi connectivity index (χ0v) is 18.1. The molecule has 7 nitrogen and oxygen atoms in total. The first-order valence-electron chi connectivity index (χ1n) is 9.54. The number of carbonyl (C=O) groups is 1. The van der Waals surface area contributed by atoms with Gasteiger partial charge in [-0.2, -0.15) is 0 Å². The fourth-order valence-corrected chi connectivity index (χ4v) is 3.22. The lowest BCUT2D eigenvalue weighted by Gasteiger charge is -2.26. The molecule has 1 aromatic carbocycles. The van der Waals surface area contributed by atoms with E-state index in [0.29, 0.717) is 16.7 Å². The molecule has 0 saturated carbocycles. The number of aliphatic hydroxyl groups is 1. The molecule has 0 aliphatic rings. The Morgan fingerprint density at radius 3 is 2.57 bits per heavy atom. The van der Waals surface area contributed by atoms with E-state index in [-0.39, 0.29) is 22.3 Å². The third-order valence-corrected chi connectivity index (χ3v) is 5.41. The topological polar surface area (TPSA) is 99.5 Å². The quantitative estimate of drug-likeness (QED) is 0.572. The van der Waals surface area contributed by atoms with Crippen molar-refractivity contribution in [3.8, 4) is 11.4 Å². The second-order valence-corrected chi connectivity index (χ2v) is 8.59. The van der Waals surface area contributed by atoms with Gasteiger partial charge in [0.2, 0.25) is 0 Å². The van der Waals surface area contributed by atoms with E-state index in [4.69, 9.17) is 11.6 Å². The summed E-state index contributed by atoms with van der Waals surface area (Å²) < 4.78 is 15.2. The molecule has 3 rings (SSSR count). The molecule has 30 heavy (non-hydrogen) atoms. The van der Waals surface area contributed by atoms with Crippen LogP contribution in [0.25, 0.3) is 16.9 Å². The van der Waals surface area contributed by atoms with Gasteiger partial charge in [0.05, 0.1) is 22.2 Å². The van der Waals surface area contributed by atoms with Gasteiger partial charge >= 0.3 is 0 Å². The molecule has 0 unspecified atom stereocenters. The maximum Gasteiger partial charge on any atom is 0.275 e. The number of aromatic amines is 1. The van der Waals surface area contributed by atoms with E-state index in [2.05, 4.69) is 15.4 Å². The number of H-pyrrole nitrogens is 1. The van der Waals surface area contributed by atoms with Gasteiger partial charge in [-0.25, -0.2) is 8.91 Å². The van der Waals surface area contributed by atoms with Crippen LogP contribution in [0, 0.1) is 5.82 Å². The molecule has 0 saturated heterocycles. The van der Waals surface area contributed by atoms with E-state index in [1.54, 1.807) is 26.8 Å². The molecular weight excluding hydrogens is 411 g/mol. The molecule has 0 aliphatic carbocycles. The zero-order chi connectivity index (χ0) is 22.4. The van der Waals surface area contributed by atoms with Gasteiger partial charge in [0, 0.05) is 17.3 Å². The lowest BCUT2D eigenvalue weighted by Crippen LogP contribution is -2.47. The molecule has 9 heteroatoms. The van der Waals surface area contributed by atoms with E-state index in [9.17, 15) is 19.1 Å². The van der Waals surface area contributed by atoms with Crippen molar-refractivity contribution in [2.24, 2.45) is 0 Å². The Kier molecular flexibility index (Phi) is 5.75. The van der Waals surface area contributed by atoms with Gasteiger partial charge in [0.1, 0.15) is 11.3 Å². The van der Waals surface area contributed by atoms with Crippen molar-refractivity contribution in [1.82, 2.24) is 19.9 Å². The number of rotatable bonds is 5. The molecule has 3 N–H and O–H groups in total. The minimum atomic E-state index is -1.12. The minimum Gasteiger partial charge on any atom is -0.388 e. The molecule has 160 valence electrons. The molecule has 0 radical (unpaired) electrons. The standard InChI is InChI=1S/C21H24ClFN4O3/c1-10(2)16-13(19(28)24-11(3)21(4,5)30)9-27-17(16)20(29)25-18(26-27)12-6-7-14(22)15(23)8-12/h6-11,30H,1-5H3,(H,24,28)(H,25,26,29)/t11-/m0/s1. The number of benzene rings is 1. The Labute approximate surface area is 177 Å². The number of fused-ring (bicyclic) bond motifs is 1. The highest BCUT2D eigenvalue weighted by molar-refractivity contribution is 6.30. The predicted octanol–water partition coefficient (Wildman–Crippen LogP) is 3.49. The smallest absolute Gasteiger partial charge is 0.275 e. The number of hydrogen-bond acceptors (Lipinski definition) is 4. The first-order chi connectivity index (χ1) is 13.9. The van der Waals surface area contributed by atoms with Crippen molar-refractivity contribution >= 4 is 23.0 Å². The predicted molar refractivity (Wildman–Crippen MR) is 114 cm³/mol. The Bertz CT molecular complexity index is 1180. The Morgan fingerprint density at radius 2 is 2.00 bits per heavy atom. The molecule has 1 amide bonds. The molecule has 3 aromatic rings. The second-order valence-electron chi connectivity index (χ2n) is 8.18. The number of halogens is 2. The van der Waals surface area contributed by atoms with Crippen LogP contribution in [0.1, 0.15) is 56.5 Å². The maximum atomic E-state index is 13.8. The lowest BCUT2D eigenvalue weighted by atomic mass is 9.97. The number of carbonyl (C=O) groups excluding carboxylic acids is 1. The Morgan fingerprint density at radius 1 is 1.33 bits per heavy atom. The van der Waals surface area contributed by atoms with Gasteiger partial charge in [0.15, 0.2) is 5.82 Å². The van der Waals surface area contributed by atoms with Crippen LogP contribution in [0.4, 0.5) is 4.39 Å². The van der Waals surface area contributed by atoms with Crippen LogP contribution in [-0.2, 0) is 0 Å². The molecule has 0 spiro atoms. The Hall–Kier alpha value is -2.71. The Balaban J connectivity index is 2.15. The highest BCUT2D eigenvalue weighted by Gasteiger charge is 2.28. The van der Waals surface area contributed by atoms with Crippen LogP contribution in [0.3, 0.4) is 0 Å². The fraction of sp³-hybridized carbons (Fsp3) is 0.381. The van der Waals surface area contributed by atoms with Gasteiger partial charge in [-0.1, -0.05) is 25.4 Å². The summed E-state index contributed by atoms with van der Waals surface area (Å²) in [7, 11) is 0.